The third kappa shape index (κ3) is 2.27. The molecule has 3 aromatic carbocycles. The number of fused-ring (bicyclic) bond motifs is 2. The highest BCUT2D eigenvalue weighted by Crippen LogP contribution is 2.36. The zero-order valence-corrected chi connectivity index (χ0v) is 13.8. The van der Waals surface area contributed by atoms with Crippen LogP contribution in [0, 0.1) is 0 Å². The summed E-state index contributed by atoms with van der Waals surface area (Å²) < 4.78 is 5.79. The summed E-state index contributed by atoms with van der Waals surface area (Å²) >= 11 is 1.39. The lowest BCUT2D eigenvalue weighted by Gasteiger charge is -2.06. The van der Waals surface area contributed by atoms with E-state index in [1.165, 1.54) is 11.8 Å². The monoisotopic (exact) mass is 334 g/mol. The third-order valence-electron chi connectivity index (χ3n) is 4.09. The second kappa shape index (κ2) is 5.73. The van der Waals surface area contributed by atoms with E-state index in [4.69, 9.17) is 4.42 Å². The van der Waals surface area contributed by atoms with E-state index in [1.807, 2.05) is 48.7 Å². The summed E-state index contributed by atoms with van der Waals surface area (Å²) in [7, 11) is 0. The van der Waals surface area contributed by atoms with E-state index < -0.39 is 0 Å². The van der Waals surface area contributed by atoms with Crippen molar-refractivity contribution in [2.45, 2.75) is 5.09 Å². The summed E-state index contributed by atoms with van der Waals surface area (Å²) in [6.07, 6.45) is 1.87. The van der Waals surface area contributed by atoms with E-state index in [1.54, 1.807) is 18.2 Å². The minimum absolute atomic E-state index is 0.0968. The lowest BCUT2D eigenvalue weighted by atomic mass is 9.97. The van der Waals surface area contributed by atoms with Crippen LogP contribution >= 0.6 is 11.8 Å². The molecule has 1 heterocycles. The number of ketones is 1. The molecule has 1 aromatic heterocycles. The third-order valence-corrected chi connectivity index (χ3v) is 4.74. The van der Waals surface area contributed by atoms with Gasteiger partial charge in [-0.1, -0.05) is 54.2 Å². The average Bonchev–Trinajstić information content (AvgIpc) is 2.98. The quantitative estimate of drug-likeness (QED) is 0.411. The number of benzene rings is 3. The molecule has 0 radical (unpaired) electrons. The number of thioether (sulfide) groups is 1. The maximum Gasteiger partial charge on any atom is 0.198 e. The van der Waals surface area contributed by atoms with Gasteiger partial charge in [0.25, 0.3) is 0 Å². The van der Waals surface area contributed by atoms with E-state index in [0.717, 1.165) is 10.8 Å². The number of hydrogen-bond donors (Lipinski definition) is 1. The molecule has 0 aliphatic rings. The van der Waals surface area contributed by atoms with Gasteiger partial charge in [0.15, 0.2) is 10.9 Å². The maximum atomic E-state index is 13.3. The van der Waals surface area contributed by atoms with Crippen molar-refractivity contribution in [2.24, 2.45) is 0 Å². The van der Waals surface area contributed by atoms with Crippen LogP contribution in [-0.2, 0) is 0 Å². The van der Waals surface area contributed by atoms with Crippen LogP contribution in [0.2, 0.25) is 0 Å². The Kier molecular flexibility index (Phi) is 3.54. The highest BCUT2D eigenvalue weighted by Gasteiger charge is 2.23. The second-order valence-electron chi connectivity index (χ2n) is 5.50. The van der Waals surface area contributed by atoms with Crippen LogP contribution in [-0.4, -0.2) is 17.1 Å². The molecule has 1 N–H and O–H groups in total. The van der Waals surface area contributed by atoms with Gasteiger partial charge < -0.3 is 9.52 Å². The zero-order chi connectivity index (χ0) is 16.7. The summed E-state index contributed by atoms with van der Waals surface area (Å²) in [5.74, 6) is 0.0171. The first kappa shape index (κ1) is 14.8. The van der Waals surface area contributed by atoms with Gasteiger partial charge >= 0.3 is 0 Å². The van der Waals surface area contributed by atoms with Crippen LogP contribution in [0.4, 0.5) is 0 Å². The van der Waals surface area contributed by atoms with Crippen molar-refractivity contribution < 1.29 is 14.3 Å². The predicted molar refractivity (Wildman–Crippen MR) is 97.0 cm³/mol. The topological polar surface area (TPSA) is 50.4 Å². The molecule has 0 fully saturated rings. The van der Waals surface area contributed by atoms with Crippen LogP contribution in [0.3, 0.4) is 0 Å². The van der Waals surface area contributed by atoms with Gasteiger partial charge in [0.1, 0.15) is 11.3 Å². The fourth-order valence-electron chi connectivity index (χ4n) is 2.98. The lowest BCUT2D eigenvalue weighted by Crippen LogP contribution is -2.02. The van der Waals surface area contributed by atoms with Crippen molar-refractivity contribution in [1.29, 1.82) is 0 Å². The van der Waals surface area contributed by atoms with Crippen molar-refractivity contribution >= 4 is 39.3 Å². The van der Waals surface area contributed by atoms with E-state index in [0.29, 0.717) is 27.2 Å². The fraction of sp³-hybridized carbons (Fsp3) is 0.0500. The van der Waals surface area contributed by atoms with Gasteiger partial charge in [-0.3, -0.25) is 4.79 Å². The Morgan fingerprint density at radius 2 is 1.79 bits per heavy atom. The Hall–Kier alpha value is -2.72. The summed E-state index contributed by atoms with van der Waals surface area (Å²) in [5.41, 5.74) is 1.74. The Morgan fingerprint density at radius 1 is 1.00 bits per heavy atom. The number of hydrogen-bond acceptors (Lipinski definition) is 4. The molecule has 0 aliphatic carbocycles. The molecular weight excluding hydrogens is 320 g/mol. The summed E-state index contributed by atoms with van der Waals surface area (Å²) in [5, 5.41) is 12.9. The molecule has 0 bridgehead atoms. The first-order chi connectivity index (χ1) is 11.7. The Labute approximate surface area is 142 Å². The summed E-state index contributed by atoms with van der Waals surface area (Å²) in [4.78, 5) is 13.3. The molecule has 24 heavy (non-hydrogen) atoms. The van der Waals surface area contributed by atoms with Crippen molar-refractivity contribution in [3.63, 3.8) is 0 Å². The Morgan fingerprint density at radius 3 is 2.62 bits per heavy atom. The smallest absolute Gasteiger partial charge is 0.198 e. The minimum Gasteiger partial charge on any atom is -0.508 e. The van der Waals surface area contributed by atoms with Gasteiger partial charge in [-0.2, -0.15) is 0 Å². The van der Waals surface area contributed by atoms with Crippen molar-refractivity contribution in [1.82, 2.24) is 0 Å². The number of carbonyl (C=O) groups excluding carboxylic acids is 1. The normalized spacial score (nSPS) is 11.2. The standard InChI is InChI=1S/C20H14O3S/c1-24-20-18(16-11-13(21)9-10-17(16)23-20)19(22)15-8-4-6-12-5-2-3-7-14(12)15/h2-11,21H,1H3. The first-order valence-electron chi connectivity index (χ1n) is 7.51. The van der Waals surface area contributed by atoms with E-state index in [9.17, 15) is 9.90 Å². The van der Waals surface area contributed by atoms with Crippen molar-refractivity contribution in [3.8, 4) is 5.75 Å². The molecule has 4 rings (SSSR count). The second-order valence-corrected chi connectivity index (χ2v) is 6.28. The highest BCUT2D eigenvalue weighted by molar-refractivity contribution is 7.98. The summed E-state index contributed by atoms with van der Waals surface area (Å²) in [6, 6.07) is 18.3. The fourth-order valence-corrected chi connectivity index (χ4v) is 3.56. The maximum absolute atomic E-state index is 13.3. The van der Waals surface area contributed by atoms with Crippen LogP contribution < -0.4 is 0 Å². The van der Waals surface area contributed by atoms with E-state index >= 15 is 0 Å². The molecule has 4 heteroatoms. The molecule has 118 valence electrons. The van der Waals surface area contributed by atoms with Crippen molar-refractivity contribution in [3.05, 3.63) is 71.8 Å². The molecule has 0 spiro atoms. The van der Waals surface area contributed by atoms with Gasteiger partial charge in [0, 0.05) is 10.9 Å². The number of furan rings is 1. The average molecular weight is 334 g/mol. The van der Waals surface area contributed by atoms with Crippen LogP contribution in [0.25, 0.3) is 21.7 Å². The van der Waals surface area contributed by atoms with Gasteiger partial charge in [-0.15, -0.1) is 0 Å². The lowest BCUT2D eigenvalue weighted by molar-refractivity contribution is 0.103. The minimum atomic E-state index is -0.0968. The molecule has 0 amide bonds. The number of carbonyl (C=O) groups is 1. The zero-order valence-electron chi connectivity index (χ0n) is 12.9. The van der Waals surface area contributed by atoms with Gasteiger partial charge in [-0.05, 0) is 35.2 Å². The van der Waals surface area contributed by atoms with Gasteiger partial charge in [0.2, 0.25) is 0 Å². The number of phenolic OH excluding ortho intramolecular Hbond substituents is 1. The Bertz CT molecular complexity index is 1070. The van der Waals surface area contributed by atoms with Crippen LogP contribution in [0.1, 0.15) is 15.9 Å². The Balaban J connectivity index is 1.99. The summed E-state index contributed by atoms with van der Waals surface area (Å²) in [6.45, 7) is 0. The molecule has 4 aromatic rings. The largest absolute Gasteiger partial charge is 0.508 e. The number of aromatic hydroxyl groups is 1. The molecule has 3 nitrogen and oxygen atoms in total. The van der Waals surface area contributed by atoms with Crippen LogP contribution in [0.15, 0.2) is 70.2 Å². The van der Waals surface area contributed by atoms with E-state index in [2.05, 4.69) is 0 Å². The SMILES string of the molecule is CSc1oc2ccc(O)cc2c1C(=O)c1cccc2ccccc12. The number of rotatable bonds is 3. The van der Waals surface area contributed by atoms with Crippen LogP contribution in [0.5, 0.6) is 5.75 Å². The molecular formula is C20H14O3S. The van der Waals surface area contributed by atoms with E-state index in [-0.39, 0.29) is 11.5 Å². The molecule has 0 aliphatic heterocycles. The van der Waals surface area contributed by atoms with Gasteiger partial charge in [-0.25, -0.2) is 0 Å². The van der Waals surface area contributed by atoms with Crippen molar-refractivity contribution in [2.75, 3.05) is 6.26 Å². The molecule has 0 unspecified atom stereocenters. The molecule has 0 atom stereocenters. The predicted octanol–water partition coefficient (Wildman–Crippen LogP) is 5.24. The van der Waals surface area contributed by atoms with Gasteiger partial charge in [0.05, 0.1) is 5.56 Å². The highest BCUT2D eigenvalue weighted by atomic mass is 32.2. The number of phenols is 1. The first-order valence-corrected chi connectivity index (χ1v) is 8.73. The molecule has 0 saturated carbocycles. The molecule has 0 saturated heterocycles.